The summed E-state index contributed by atoms with van der Waals surface area (Å²) in [6, 6.07) is 12.5. The number of anilines is 1. The van der Waals surface area contributed by atoms with Crippen molar-refractivity contribution in [2.24, 2.45) is 17.8 Å². The number of carboxylic acids is 1. The number of ether oxygens (including phenoxy) is 1. The van der Waals surface area contributed by atoms with E-state index in [2.05, 4.69) is 62.7 Å². The molecule has 1 unspecified atom stereocenters. The molecule has 8 nitrogen and oxygen atoms in total. The number of imidazole rings is 1. The lowest BCUT2D eigenvalue weighted by molar-refractivity contribution is -0.144. The minimum Gasteiger partial charge on any atom is -0.481 e. The first-order valence-electron chi connectivity index (χ1n) is 13.0. The maximum Gasteiger partial charge on any atom is 0.307 e. The molecule has 2 bridgehead atoms. The van der Waals surface area contributed by atoms with Crippen LogP contribution in [-0.4, -0.2) is 43.5 Å². The molecule has 1 aromatic carbocycles. The Bertz CT molecular complexity index is 1500. The van der Waals surface area contributed by atoms with Crippen molar-refractivity contribution in [2.75, 3.05) is 18.0 Å². The Morgan fingerprint density at radius 1 is 1.00 bits per heavy atom. The van der Waals surface area contributed by atoms with Gasteiger partial charge in [0.25, 0.3) is 0 Å². The highest BCUT2D eigenvalue weighted by Gasteiger charge is 2.46. The van der Waals surface area contributed by atoms with Gasteiger partial charge in [0.1, 0.15) is 11.8 Å². The van der Waals surface area contributed by atoms with Gasteiger partial charge in [-0.05, 0) is 61.8 Å². The van der Waals surface area contributed by atoms with E-state index in [1.165, 1.54) is 11.1 Å². The number of rotatable bonds is 4. The quantitative estimate of drug-likeness (QED) is 0.434. The Hall–Kier alpha value is -3.78. The van der Waals surface area contributed by atoms with Gasteiger partial charge in [-0.15, -0.1) is 0 Å². The van der Waals surface area contributed by atoms with Crippen LogP contribution < -0.4 is 4.90 Å². The highest BCUT2D eigenvalue weighted by Crippen LogP contribution is 2.44. The van der Waals surface area contributed by atoms with Crippen LogP contribution in [0.3, 0.4) is 0 Å². The largest absolute Gasteiger partial charge is 0.481 e. The number of aromatic nitrogens is 4. The molecule has 3 aromatic heterocycles. The lowest BCUT2D eigenvalue weighted by Crippen LogP contribution is -2.45. The number of aryl methyl sites for hydroxylation is 1. The first-order valence-corrected chi connectivity index (χ1v) is 13.0. The molecule has 1 N–H and O–H groups in total. The van der Waals surface area contributed by atoms with Crippen LogP contribution in [-0.2, 0) is 9.53 Å². The van der Waals surface area contributed by atoms with Crippen LogP contribution >= 0.6 is 0 Å². The predicted octanol–water partition coefficient (Wildman–Crippen LogP) is 4.83. The lowest BCUT2D eigenvalue weighted by atomic mass is 9.85. The Morgan fingerprint density at radius 2 is 1.70 bits per heavy atom. The van der Waals surface area contributed by atoms with Crippen LogP contribution in [0.1, 0.15) is 54.5 Å². The minimum absolute atomic E-state index is 0.0334. The topological polar surface area (TPSA) is 92.9 Å². The van der Waals surface area contributed by atoms with Crippen LogP contribution in [0.5, 0.6) is 0 Å². The van der Waals surface area contributed by atoms with E-state index < -0.39 is 5.97 Å². The summed E-state index contributed by atoms with van der Waals surface area (Å²) in [6.07, 6.45) is 7.62. The van der Waals surface area contributed by atoms with Gasteiger partial charge in [-0.2, -0.15) is 0 Å². The first-order chi connectivity index (χ1) is 18.0. The van der Waals surface area contributed by atoms with Gasteiger partial charge in [-0.3, -0.25) is 4.79 Å². The Labute approximate surface area is 215 Å². The van der Waals surface area contributed by atoms with Gasteiger partial charge >= 0.3 is 5.97 Å². The van der Waals surface area contributed by atoms with Gasteiger partial charge in [0.2, 0.25) is 5.95 Å². The summed E-state index contributed by atoms with van der Waals surface area (Å²) < 4.78 is 8.54. The van der Waals surface area contributed by atoms with E-state index in [4.69, 9.17) is 9.72 Å². The number of aliphatic carboxylic acids is 1. The molecule has 5 heterocycles. The predicted molar refractivity (Wildman–Crippen MR) is 138 cm³/mol. The molecule has 37 heavy (non-hydrogen) atoms. The number of benzene rings is 1. The van der Waals surface area contributed by atoms with E-state index in [1.54, 1.807) is 0 Å². The Kier molecular flexibility index (Phi) is 5.08. The van der Waals surface area contributed by atoms with Gasteiger partial charge in [0.05, 0.1) is 23.4 Å². The number of piperidine rings is 1. The van der Waals surface area contributed by atoms with E-state index in [-0.39, 0.29) is 30.0 Å². The average Bonchev–Trinajstić information content (AvgIpc) is 3.51. The SMILES string of the molecule is Cc1nc2ccc(-c3cnc(N4C[C@H]5CC[C@@H](C4)C5C(=O)O)nc3)cn2c1[C@H]1O[C@@H](C)c2ccccc21. The van der Waals surface area contributed by atoms with E-state index in [1.807, 2.05) is 25.4 Å². The summed E-state index contributed by atoms with van der Waals surface area (Å²) in [7, 11) is 0. The third kappa shape index (κ3) is 3.54. The van der Waals surface area contributed by atoms with Gasteiger partial charge in [0, 0.05) is 42.8 Å². The summed E-state index contributed by atoms with van der Waals surface area (Å²) in [5.74, 6) is 0.142. The second-order valence-electron chi connectivity index (χ2n) is 10.7. The lowest BCUT2D eigenvalue weighted by Gasteiger charge is -2.35. The summed E-state index contributed by atoms with van der Waals surface area (Å²) >= 11 is 0. The van der Waals surface area contributed by atoms with Crippen LogP contribution in [0, 0.1) is 24.7 Å². The van der Waals surface area contributed by atoms with Crippen LogP contribution in [0.25, 0.3) is 16.8 Å². The van der Waals surface area contributed by atoms with Crippen molar-refractivity contribution in [3.8, 4) is 11.1 Å². The van der Waals surface area contributed by atoms with Crippen molar-refractivity contribution < 1.29 is 14.6 Å². The normalized spacial score (nSPS) is 26.5. The van der Waals surface area contributed by atoms with Gasteiger partial charge in [0.15, 0.2) is 0 Å². The van der Waals surface area contributed by atoms with Crippen LogP contribution in [0.15, 0.2) is 55.0 Å². The molecule has 1 saturated carbocycles. The zero-order chi connectivity index (χ0) is 25.3. The number of nitrogens with zero attached hydrogens (tertiary/aromatic N) is 5. The fourth-order valence-electron chi connectivity index (χ4n) is 6.77. The van der Waals surface area contributed by atoms with E-state index in [9.17, 15) is 9.90 Å². The number of carbonyl (C=O) groups is 1. The van der Waals surface area contributed by atoms with Crippen molar-refractivity contribution in [1.82, 2.24) is 19.4 Å². The molecule has 0 radical (unpaired) electrons. The molecule has 4 aromatic rings. The molecule has 3 aliphatic rings. The van der Waals surface area contributed by atoms with Crippen molar-refractivity contribution in [1.29, 1.82) is 0 Å². The van der Waals surface area contributed by atoms with Gasteiger partial charge < -0.3 is 19.1 Å². The monoisotopic (exact) mass is 495 g/mol. The number of carboxylic acid groups (broad SMARTS) is 1. The molecule has 2 aliphatic heterocycles. The Balaban J connectivity index is 1.19. The zero-order valence-electron chi connectivity index (χ0n) is 20.9. The van der Waals surface area contributed by atoms with Crippen molar-refractivity contribution in [3.05, 3.63) is 77.5 Å². The molecule has 1 aliphatic carbocycles. The van der Waals surface area contributed by atoms with Crippen LogP contribution in [0.2, 0.25) is 0 Å². The third-order valence-corrected chi connectivity index (χ3v) is 8.52. The molecule has 0 amide bonds. The number of hydrogen-bond donors (Lipinski definition) is 1. The van der Waals surface area contributed by atoms with Crippen molar-refractivity contribution >= 4 is 17.6 Å². The Morgan fingerprint density at radius 3 is 2.41 bits per heavy atom. The molecule has 1 saturated heterocycles. The van der Waals surface area contributed by atoms with Crippen molar-refractivity contribution in [2.45, 2.75) is 38.9 Å². The maximum atomic E-state index is 11.7. The van der Waals surface area contributed by atoms with E-state index in [0.717, 1.165) is 41.0 Å². The molecule has 7 rings (SSSR count). The van der Waals surface area contributed by atoms with Gasteiger partial charge in [-0.25, -0.2) is 15.0 Å². The second-order valence-corrected chi connectivity index (χ2v) is 10.7. The standard InChI is InChI=1S/C29H29N5O3/c1-16-26(27-23-6-4-3-5-22(23)17(2)37-27)34-15-18(9-10-24(34)32-16)21-11-30-29(31-12-21)33-13-19-7-8-20(14-33)25(19)28(35)36/h3-6,9-12,15,17,19-20,25,27H,7-8,13-14H2,1-2H3,(H,35,36)/t17-,19-,20+,25?,27-/m0/s1. The summed E-state index contributed by atoms with van der Waals surface area (Å²) in [5, 5.41) is 9.60. The second kappa shape index (κ2) is 8.38. The van der Waals surface area contributed by atoms with Gasteiger partial charge in [-0.1, -0.05) is 24.3 Å². The number of hydrogen-bond acceptors (Lipinski definition) is 6. The summed E-state index contributed by atoms with van der Waals surface area (Å²) in [6.45, 7) is 5.54. The molecule has 5 atom stereocenters. The average molecular weight is 496 g/mol. The maximum absolute atomic E-state index is 11.7. The number of pyridine rings is 1. The molecular weight excluding hydrogens is 466 g/mol. The number of fused-ring (bicyclic) bond motifs is 4. The highest BCUT2D eigenvalue weighted by molar-refractivity contribution is 5.72. The van der Waals surface area contributed by atoms with Crippen molar-refractivity contribution in [3.63, 3.8) is 0 Å². The molecule has 0 spiro atoms. The summed E-state index contributed by atoms with van der Waals surface area (Å²) in [4.78, 5) is 28.0. The molecule has 188 valence electrons. The van der Waals surface area contributed by atoms with Crippen LogP contribution in [0.4, 0.5) is 5.95 Å². The zero-order valence-corrected chi connectivity index (χ0v) is 20.9. The van der Waals surface area contributed by atoms with E-state index in [0.29, 0.717) is 19.0 Å². The minimum atomic E-state index is -0.658. The molecular formula is C29H29N5O3. The summed E-state index contributed by atoms with van der Waals surface area (Å²) in [5.41, 5.74) is 7.22. The smallest absolute Gasteiger partial charge is 0.307 e. The molecule has 8 heteroatoms. The molecule has 2 fully saturated rings. The fraction of sp³-hybridized carbons (Fsp3) is 0.379. The van der Waals surface area contributed by atoms with E-state index >= 15 is 0 Å². The third-order valence-electron chi connectivity index (χ3n) is 8.52. The first kappa shape index (κ1) is 22.4. The fourth-order valence-corrected chi connectivity index (χ4v) is 6.77. The highest BCUT2D eigenvalue weighted by atomic mass is 16.5.